The van der Waals surface area contributed by atoms with Crippen molar-refractivity contribution < 1.29 is 42.4 Å². The quantitative estimate of drug-likeness (QED) is 0.0912. The zero-order valence-electron chi connectivity index (χ0n) is 33.5. The molecule has 3 N–H and O–H groups in total. The van der Waals surface area contributed by atoms with Crippen molar-refractivity contribution >= 4 is 17.4 Å². The van der Waals surface area contributed by atoms with Gasteiger partial charge in [-0.1, -0.05) is 79.6 Å². The van der Waals surface area contributed by atoms with E-state index in [2.05, 4.69) is 31.7 Å². The molecule has 5 atom stereocenters. The number of rotatable bonds is 13. The smallest absolute Gasteiger partial charge is 0.416 e. The van der Waals surface area contributed by atoms with Crippen LogP contribution in [-0.4, -0.2) is 70.1 Å². The molecule has 0 radical (unpaired) electrons. The third-order valence-corrected chi connectivity index (χ3v) is 12.6. The lowest BCUT2D eigenvalue weighted by Crippen LogP contribution is -2.54. The van der Waals surface area contributed by atoms with Gasteiger partial charge >= 0.3 is 6.18 Å². The molecule has 7 nitrogen and oxygen atoms in total. The molecule has 0 saturated heterocycles. The Morgan fingerprint density at radius 3 is 2.57 bits per heavy atom. The average molecular weight is 822 g/mol. The summed E-state index contributed by atoms with van der Waals surface area (Å²) in [4.78, 5) is 16.7. The summed E-state index contributed by atoms with van der Waals surface area (Å²) in [7, 11) is 0. The molecule has 3 aliphatic carbocycles. The molecule has 312 valence electrons. The molecule has 1 heterocycles. The van der Waals surface area contributed by atoms with Gasteiger partial charge in [-0.2, -0.15) is 13.2 Å². The number of benzene rings is 3. The van der Waals surface area contributed by atoms with Gasteiger partial charge in [-0.3, -0.25) is 9.69 Å². The summed E-state index contributed by atoms with van der Waals surface area (Å²) in [5, 5.41) is 35.1. The zero-order valence-corrected chi connectivity index (χ0v) is 34.3. The largest absolute Gasteiger partial charge is 0.453 e. The number of ether oxygens (including phenoxy) is 1. The average Bonchev–Trinajstić information content (AvgIpc) is 3.76. The van der Waals surface area contributed by atoms with Crippen LogP contribution < -0.4 is 0 Å². The van der Waals surface area contributed by atoms with Gasteiger partial charge in [-0.25, -0.2) is 0 Å². The maximum atomic E-state index is 14.6. The fourth-order valence-electron chi connectivity index (χ4n) is 8.98. The Kier molecular flexibility index (Phi) is 14.1. The number of fused-ring (bicyclic) bond motifs is 8. The van der Waals surface area contributed by atoms with E-state index in [-0.39, 0.29) is 34.6 Å². The molecule has 7 rings (SSSR count). The molecule has 0 unspecified atom stereocenters. The van der Waals surface area contributed by atoms with Crippen molar-refractivity contribution in [2.45, 2.75) is 109 Å². The highest BCUT2D eigenvalue weighted by molar-refractivity contribution is 6.33. The minimum Gasteiger partial charge on any atom is -0.453 e. The summed E-state index contributed by atoms with van der Waals surface area (Å²) in [6.07, 6.45) is 0.926. The highest BCUT2D eigenvalue weighted by Crippen LogP contribution is 2.59. The Hall–Kier alpha value is -3.77. The third kappa shape index (κ3) is 10.1. The monoisotopic (exact) mass is 821 g/mol. The lowest BCUT2D eigenvalue weighted by Gasteiger charge is -2.46. The zero-order chi connectivity index (χ0) is 41.7. The van der Waals surface area contributed by atoms with Crippen molar-refractivity contribution in [3.63, 3.8) is 0 Å². The number of ketones is 1. The maximum absolute atomic E-state index is 14.6. The van der Waals surface area contributed by atoms with Crippen molar-refractivity contribution in [1.29, 1.82) is 0 Å². The molecule has 4 aromatic rings. The van der Waals surface area contributed by atoms with Gasteiger partial charge in [-0.15, -0.1) is 0 Å². The lowest BCUT2D eigenvalue weighted by molar-refractivity contribution is -0.137. The first kappa shape index (κ1) is 43.8. The number of aliphatic hydroxyl groups is 3. The molecule has 2 bridgehead atoms. The van der Waals surface area contributed by atoms with Gasteiger partial charge in [0.15, 0.2) is 5.76 Å². The number of alkyl halides is 3. The van der Waals surface area contributed by atoms with E-state index < -0.39 is 40.7 Å². The number of carbonyl (C=O) groups is 1. The van der Waals surface area contributed by atoms with Crippen molar-refractivity contribution in [2.75, 3.05) is 26.2 Å². The Balaban J connectivity index is 1.32. The molecule has 1 saturated carbocycles. The van der Waals surface area contributed by atoms with Gasteiger partial charge in [0.1, 0.15) is 5.76 Å². The van der Waals surface area contributed by atoms with E-state index in [0.717, 1.165) is 41.3 Å². The number of halogens is 4. The van der Waals surface area contributed by atoms with E-state index in [1.54, 1.807) is 6.07 Å². The number of aliphatic hydroxyl groups excluding tert-OH is 2. The molecule has 1 aromatic heterocycles. The molecule has 0 amide bonds. The second-order valence-electron chi connectivity index (χ2n) is 16.5. The van der Waals surface area contributed by atoms with Gasteiger partial charge < -0.3 is 24.5 Å². The minimum absolute atomic E-state index is 0.0170. The highest BCUT2D eigenvalue weighted by atomic mass is 35.5. The Labute approximate surface area is 344 Å². The second kappa shape index (κ2) is 18.7. The van der Waals surface area contributed by atoms with Crippen LogP contribution in [-0.2, 0) is 23.9 Å². The molecule has 3 aromatic carbocycles. The van der Waals surface area contributed by atoms with E-state index in [1.165, 1.54) is 17.7 Å². The summed E-state index contributed by atoms with van der Waals surface area (Å²) >= 11 is 6.34. The van der Waals surface area contributed by atoms with E-state index in [1.807, 2.05) is 42.5 Å². The van der Waals surface area contributed by atoms with Crippen LogP contribution >= 0.6 is 11.6 Å². The van der Waals surface area contributed by atoms with E-state index >= 15 is 0 Å². The van der Waals surface area contributed by atoms with Gasteiger partial charge in [0.2, 0.25) is 5.78 Å². The van der Waals surface area contributed by atoms with Crippen LogP contribution in [0.5, 0.6) is 0 Å². The molecule has 11 heteroatoms. The number of hydrogen-bond donors (Lipinski definition) is 3. The lowest BCUT2D eigenvalue weighted by atomic mass is 9.64. The van der Waals surface area contributed by atoms with E-state index in [4.69, 9.17) is 20.8 Å². The van der Waals surface area contributed by atoms with Crippen LogP contribution in [0.4, 0.5) is 13.2 Å². The molecule has 1 fully saturated rings. The number of furan rings is 1. The number of carbonyl (C=O) groups excluding carboxylic acids is 1. The highest BCUT2D eigenvalue weighted by Gasteiger charge is 2.57. The minimum atomic E-state index is -4.60. The standard InChI is InChI=1S/C47H55ClF3NO6/c1-4-23-52(27-36(54)29-57-28-32-10-6-5-7-11-32)30-46(56)22-20-40-37-16-13-33(24-35(53)15-12-31(2)9-8-21-45(40,46)3)25-38(37)44(55)43-19-18-42(58-43)39-26-34(47(49,50)51)14-17-41(39)48/h5-7,9-11,13-14,16-19,25-26,35-36,40,53-54,56H,4,8,12,15,20-24,27-30H2,1-3H3/t35-,36+,40-,45-,46+/m0/s1. The Morgan fingerprint density at radius 2 is 1.83 bits per heavy atom. The number of nitrogens with zero attached hydrogens (tertiary/aromatic N) is 1. The van der Waals surface area contributed by atoms with E-state index in [0.29, 0.717) is 76.8 Å². The van der Waals surface area contributed by atoms with Crippen molar-refractivity contribution in [2.24, 2.45) is 5.41 Å². The first-order valence-corrected chi connectivity index (χ1v) is 20.7. The fraction of sp³-hybridized carbons (Fsp3) is 0.468. The van der Waals surface area contributed by atoms with Crippen LogP contribution in [0.2, 0.25) is 5.02 Å². The second-order valence-corrected chi connectivity index (χ2v) is 16.9. The number of allylic oxidation sites excluding steroid dienone is 2. The van der Waals surface area contributed by atoms with Crippen LogP contribution in [0, 0.1) is 5.41 Å². The predicted octanol–water partition coefficient (Wildman–Crippen LogP) is 10.2. The van der Waals surface area contributed by atoms with Crippen molar-refractivity contribution in [1.82, 2.24) is 4.90 Å². The summed E-state index contributed by atoms with van der Waals surface area (Å²) in [5.41, 5.74) is 1.28. The van der Waals surface area contributed by atoms with Crippen LogP contribution in [0.3, 0.4) is 0 Å². The van der Waals surface area contributed by atoms with Crippen LogP contribution in [0.25, 0.3) is 11.3 Å². The normalized spacial score (nSPS) is 23.4. The summed E-state index contributed by atoms with van der Waals surface area (Å²) < 4.78 is 52.7. The molecule has 0 spiro atoms. The van der Waals surface area contributed by atoms with Crippen LogP contribution in [0.15, 0.2) is 94.9 Å². The fourth-order valence-corrected chi connectivity index (χ4v) is 9.19. The molecule has 58 heavy (non-hydrogen) atoms. The topological polar surface area (TPSA) is 103 Å². The van der Waals surface area contributed by atoms with Gasteiger partial charge in [0.25, 0.3) is 0 Å². The van der Waals surface area contributed by atoms with Gasteiger partial charge in [-0.05, 0) is 124 Å². The molecular weight excluding hydrogens is 767 g/mol. The SMILES string of the molecule is CCCN(C[C@@H](O)COCc1ccccc1)C[C@]1(O)CC[C@H]2c3ccc(cc3C(=O)c3ccc(-c4cc(C(F)(F)F)ccc4Cl)o3)C[C@@H](O)CCC(C)=CCC[C@@]21C. The Bertz CT molecular complexity index is 2050. The first-order valence-electron chi connectivity index (χ1n) is 20.3. The van der Waals surface area contributed by atoms with Gasteiger partial charge in [0, 0.05) is 29.6 Å². The van der Waals surface area contributed by atoms with Crippen molar-refractivity contribution in [3.05, 3.63) is 129 Å². The number of hydrogen-bond acceptors (Lipinski definition) is 7. The van der Waals surface area contributed by atoms with Crippen LogP contribution in [0.1, 0.15) is 110 Å². The summed E-state index contributed by atoms with van der Waals surface area (Å²) in [5.74, 6) is -0.746. The van der Waals surface area contributed by atoms with Crippen molar-refractivity contribution in [3.8, 4) is 11.3 Å². The summed E-state index contributed by atoms with van der Waals surface area (Å²) in [6.45, 7) is 8.09. The summed E-state index contributed by atoms with van der Waals surface area (Å²) in [6, 6.07) is 21.3. The molecule has 0 aliphatic heterocycles. The predicted molar refractivity (Wildman–Crippen MR) is 220 cm³/mol. The molecular formula is C47H55ClF3NO6. The first-order chi connectivity index (χ1) is 27.6. The van der Waals surface area contributed by atoms with E-state index in [9.17, 15) is 33.3 Å². The maximum Gasteiger partial charge on any atom is 0.416 e. The third-order valence-electron chi connectivity index (χ3n) is 12.2. The Morgan fingerprint density at radius 1 is 1.05 bits per heavy atom. The van der Waals surface area contributed by atoms with Gasteiger partial charge in [0.05, 0.1) is 41.6 Å². The molecule has 3 aliphatic rings.